The highest BCUT2D eigenvalue weighted by atomic mass is 16.7. The average Bonchev–Trinajstić information content (AvgIpc) is 2.81. The van der Waals surface area contributed by atoms with Crippen LogP contribution in [0.15, 0.2) is 48.8 Å². The number of pyridine rings is 1. The number of ether oxygens (including phenoxy) is 1. The summed E-state index contributed by atoms with van der Waals surface area (Å²) in [5.41, 5.74) is 3.77. The third-order valence-corrected chi connectivity index (χ3v) is 2.98. The molecular formula is C15H12N2O3. The summed E-state index contributed by atoms with van der Waals surface area (Å²) in [6.07, 6.45) is 2.10. The van der Waals surface area contributed by atoms with Gasteiger partial charge in [-0.3, -0.25) is 0 Å². The number of fused-ring (bicyclic) bond motifs is 1. The Morgan fingerprint density at radius 3 is 2.60 bits per heavy atom. The molecule has 0 radical (unpaired) electrons. The maximum Gasteiger partial charge on any atom is 0.511 e. The number of imidazole rings is 1. The number of rotatable bonds is 2. The van der Waals surface area contributed by atoms with Crippen molar-refractivity contribution in [3.8, 4) is 17.0 Å². The lowest BCUT2D eigenvalue weighted by molar-refractivity contribution is 0.144. The van der Waals surface area contributed by atoms with Crippen molar-refractivity contribution in [1.82, 2.24) is 9.38 Å². The molecule has 2 heterocycles. The van der Waals surface area contributed by atoms with E-state index >= 15 is 0 Å². The van der Waals surface area contributed by atoms with Gasteiger partial charge in [0.1, 0.15) is 5.65 Å². The molecule has 5 heteroatoms. The van der Waals surface area contributed by atoms with E-state index in [1.807, 2.05) is 37.4 Å². The van der Waals surface area contributed by atoms with Gasteiger partial charge in [0.05, 0.1) is 11.9 Å². The van der Waals surface area contributed by atoms with E-state index in [1.54, 1.807) is 22.7 Å². The molecule has 0 aliphatic carbocycles. The molecule has 3 aromatic rings. The smallest absolute Gasteiger partial charge is 0.449 e. The van der Waals surface area contributed by atoms with Gasteiger partial charge in [-0.05, 0) is 19.1 Å². The number of hydrogen-bond acceptors (Lipinski definition) is 3. The van der Waals surface area contributed by atoms with Crippen LogP contribution < -0.4 is 4.74 Å². The van der Waals surface area contributed by atoms with Crippen molar-refractivity contribution in [3.05, 3.63) is 54.4 Å². The number of carboxylic acid groups (broad SMARTS) is 1. The minimum atomic E-state index is -1.33. The molecule has 0 atom stereocenters. The van der Waals surface area contributed by atoms with Crippen LogP contribution in [-0.4, -0.2) is 20.6 Å². The molecule has 2 aromatic heterocycles. The second kappa shape index (κ2) is 4.70. The van der Waals surface area contributed by atoms with Gasteiger partial charge in [0, 0.05) is 11.8 Å². The Hall–Kier alpha value is -2.82. The summed E-state index contributed by atoms with van der Waals surface area (Å²) in [5.74, 6) is 0.262. The Bertz CT molecular complexity index is 775. The average molecular weight is 268 g/mol. The van der Waals surface area contributed by atoms with Crippen LogP contribution in [-0.2, 0) is 0 Å². The number of benzene rings is 1. The fraction of sp³-hybridized carbons (Fsp3) is 0.0667. The first-order valence-electron chi connectivity index (χ1n) is 6.08. The number of nitrogens with zero attached hydrogens (tertiary/aromatic N) is 2. The van der Waals surface area contributed by atoms with Crippen molar-refractivity contribution in [2.24, 2.45) is 0 Å². The topological polar surface area (TPSA) is 63.8 Å². The second-order valence-corrected chi connectivity index (χ2v) is 4.49. The van der Waals surface area contributed by atoms with Gasteiger partial charge in [-0.2, -0.15) is 0 Å². The number of hydrogen-bond donors (Lipinski definition) is 1. The lowest BCUT2D eigenvalue weighted by Crippen LogP contribution is -2.03. The maximum atomic E-state index is 10.5. The minimum absolute atomic E-state index is 0.262. The first-order valence-corrected chi connectivity index (χ1v) is 6.08. The van der Waals surface area contributed by atoms with Gasteiger partial charge in [-0.15, -0.1) is 0 Å². The molecule has 0 amide bonds. The zero-order chi connectivity index (χ0) is 14.1. The van der Waals surface area contributed by atoms with Crippen LogP contribution in [0.25, 0.3) is 16.9 Å². The molecule has 0 aliphatic rings. The first-order chi connectivity index (χ1) is 9.61. The van der Waals surface area contributed by atoms with Crippen molar-refractivity contribution >= 4 is 11.8 Å². The second-order valence-electron chi connectivity index (χ2n) is 4.49. The molecule has 0 unspecified atom stereocenters. The Labute approximate surface area is 115 Å². The Balaban J connectivity index is 2.01. The van der Waals surface area contributed by atoms with Crippen molar-refractivity contribution < 1.29 is 14.6 Å². The Kier molecular flexibility index (Phi) is 2.87. The molecule has 0 fully saturated rings. The van der Waals surface area contributed by atoms with Crippen molar-refractivity contribution in [2.75, 3.05) is 0 Å². The molecule has 0 saturated heterocycles. The Morgan fingerprint density at radius 2 is 1.90 bits per heavy atom. The van der Waals surface area contributed by atoms with Gasteiger partial charge in [0.2, 0.25) is 0 Å². The summed E-state index contributed by atoms with van der Waals surface area (Å²) in [7, 11) is 0. The number of aryl methyl sites for hydroxylation is 1. The van der Waals surface area contributed by atoms with Crippen LogP contribution in [0.4, 0.5) is 4.79 Å². The molecular weight excluding hydrogens is 256 g/mol. The molecule has 1 aromatic carbocycles. The van der Waals surface area contributed by atoms with Gasteiger partial charge < -0.3 is 14.2 Å². The summed E-state index contributed by atoms with van der Waals surface area (Å²) < 4.78 is 6.36. The summed E-state index contributed by atoms with van der Waals surface area (Å²) in [5, 5.41) is 8.60. The largest absolute Gasteiger partial charge is 0.511 e. The van der Waals surface area contributed by atoms with Crippen molar-refractivity contribution in [2.45, 2.75) is 6.92 Å². The molecule has 0 aliphatic heterocycles. The van der Waals surface area contributed by atoms with Crippen LogP contribution in [0.2, 0.25) is 0 Å². The zero-order valence-corrected chi connectivity index (χ0v) is 10.8. The fourth-order valence-electron chi connectivity index (χ4n) is 2.00. The van der Waals surface area contributed by atoms with Gasteiger partial charge >= 0.3 is 6.16 Å². The fourth-order valence-corrected chi connectivity index (χ4v) is 2.00. The van der Waals surface area contributed by atoms with Gasteiger partial charge in [-0.1, -0.05) is 29.8 Å². The van der Waals surface area contributed by atoms with Crippen molar-refractivity contribution in [3.63, 3.8) is 0 Å². The van der Waals surface area contributed by atoms with Crippen LogP contribution in [0, 0.1) is 6.92 Å². The van der Waals surface area contributed by atoms with E-state index in [0.717, 1.165) is 16.9 Å². The summed E-state index contributed by atoms with van der Waals surface area (Å²) >= 11 is 0. The summed E-state index contributed by atoms with van der Waals surface area (Å²) in [4.78, 5) is 15.0. The Morgan fingerprint density at radius 1 is 1.15 bits per heavy atom. The molecule has 3 rings (SSSR count). The van der Waals surface area contributed by atoms with Crippen LogP contribution >= 0.6 is 0 Å². The maximum absolute atomic E-state index is 10.5. The van der Waals surface area contributed by atoms with Gasteiger partial charge in [0.15, 0.2) is 5.75 Å². The number of aromatic nitrogens is 2. The van der Waals surface area contributed by atoms with E-state index in [4.69, 9.17) is 5.11 Å². The molecule has 5 nitrogen and oxygen atoms in total. The van der Waals surface area contributed by atoms with Crippen LogP contribution in [0.3, 0.4) is 0 Å². The highest BCUT2D eigenvalue weighted by Crippen LogP contribution is 2.21. The van der Waals surface area contributed by atoms with Crippen LogP contribution in [0.1, 0.15) is 5.56 Å². The molecule has 100 valence electrons. The molecule has 1 N–H and O–H groups in total. The lowest BCUT2D eigenvalue weighted by Gasteiger charge is -1.99. The van der Waals surface area contributed by atoms with E-state index in [0.29, 0.717) is 0 Å². The normalized spacial score (nSPS) is 10.7. The quantitative estimate of drug-likeness (QED) is 0.724. The van der Waals surface area contributed by atoms with Gasteiger partial charge in [0.25, 0.3) is 0 Å². The predicted octanol–water partition coefficient (Wildman–Crippen LogP) is 3.37. The monoisotopic (exact) mass is 268 g/mol. The lowest BCUT2D eigenvalue weighted by atomic mass is 10.1. The summed E-state index contributed by atoms with van der Waals surface area (Å²) in [6.45, 7) is 2.03. The molecule has 0 spiro atoms. The van der Waals surface area contributed by atoms with E-state index in [1.165, 1.54) is 5.56 Å². The first kappa shape index (κ1) is 12.2. The third-order valence-electron chi connectivity index (χ3n) is 2.98. The van der Waals surface area contributed by atoms with Gasteiger partial charge in [-0.25, -0.2) is 9.78 Å². The highest BCUT2D eigenvalue weighted by Gasteiger charge is 2.06. The summed E-state index contributed by atoms with van der Waals surface area (Å²) in [6, 6.07) is 11.4. The molecule has 20 heavy (non-hydrogen) atoms. The molecule has 0 bridgehead atoms. The SMILES string of the molecule is Cc1ccc(-c2cn3cc(OC(=O)O)ccc3n2)cc1. The third kappa shape index (κ3) is 2.33. The van der Waals surface area contributed by atoms with Crippen LogP contribution in [0.5, 0.6) is 5.75 Å². The minimum Gasteiger partial charge on any atom is -0.449 e. The number of carbonyl (C=O) groups is 1. The zero-order valence-electron chi connectivity index (χ0n) is 10.8. The molecule has 0 saturated carbocycles. The highest BCUT2D eigenvalue weighted by molar-refractivity contribution is 5.64. The van der Waals surface area contributed by atoms with Crippen molar-refractivity contribution in [1.29, 1.82) is 0 Å². The standard InChI is InChI=1S/C15H12N2O3/c1-10-2-4-11(5-3-10)13-9-17-8-12(20-15(18)19)6-7-14(17)16-13/h2-9H,1H3,(H,18,19). The van der Waals surface area contributed by atoms with E-state index in [2.05, 4.69) is 9.72 Å². The van der Waals surface area contributed by atoms with E-state index in [9.17, 15) is 4.79 Å². The van der Waals surface area contributed by atoms with E-state index < -0.39 is 6.16 Å². The predicted molar refractivity (Wildman–Crippen MR) is 74.0 cm³/mol. The van der Waals surface area contributed by atoms with E-state index in [-0.39, 0.29) is 5.75 Å².